The first-order chi connectivity index (χ1) is 7.31. The van der Waals surface area contributed by atoms with Gasteiger partial charge in [-0.05, 0) is 39.5 Å². The highest BCUT2D eigenvalue weighted by molar-refractivity contribution is 5.68. The van der Waals surface area contributed by atoms with Gasteiger partial charge in [0, 0.05) is 6.61 Å². The van der Waals surface area contributed by atoms with Crippen LogP contribution in [0, 0.1) is 5.92 Å². The van der Waals surface area contributed by atoms with Crippen molar-refractivity contribution in [1.29, 1.82) is 0 Å². The largest absolute Gasteiger partial charge is 0.444 e. The summed E-state index contributed by atoms with van der Waals surface area (Å²) in [7, 11) is 0. The Labute approximate surface area is 95.8 Å². The highest BCUT2D eigenvalue weighted by Crippen LogP contribution is 2.25. The number of aliphatic hydroxyl groups is 2. The van der Waals surface area contributed by atoms with Gasteiger partial charge in [0.15, 0.2) is 0 Å². The van der Waals surface area contributed by atoms with Crippen molar-refractivity contribution in [2.24, 2.45) is 5.92 Å². The molecule has 1 fully saturated rings. The molecule has 0 aliphatic heterocycles. The van der Waals surface area contributed by atoms with Gasteiger partial charge in [0.1, 0.15) is 5.60 Å². The molecule has 1 rings (SSSR count). The highest BCUT2D eigenvalue weighted by atomic mass is 16.6. The molecule has 3 atom stereocenters. The van der Waals surface area contributed by atoms with Crippen molar-refractivity contribution in [3.05, 3.63) is 0 Å². The van der Waals surface area contributed by atoms with Gasteiger partial charge < -0.3 is 20.3 Å². The Morgan fingerprint density at radius 2 is 2.06 bits per heavy atom. The van der Waals surface area contributed by atoms with E-state index in [-0.39, 0.29) is 18.6 Å². The van der Waals surface area contributed by atoms with E-state index in [0.29, 0.717) is 12.8 Å². The fourth-order valence-corrected chi connectivity index (χ4v) is 1.88. The van der Waals surface area contributed by atoms with Gasteiger partial charge in [0.25, 0.3) is 0 Å². The molecule has 0 spiro atoms. The zero-order valence-corrected chi connectivity index (χ0v) is 10.1. The van der Waals surface area contributed by atoms with Crippen molar-refractivity contribution >= 4 is 6.09 Å². The second-order valence-corrected chi connectivity index (χ2v) is 5.34. The molecular formula is C11H21NO4. The van der Waals surface area contributed by atoms with Crippen LogP contribution in [0.3, 0.4) is 0 Å². The van der Waals surface area contributed by atoms with Crippen LogP contribution in [0.4, 0.5) is 4.79 Å². The van der Waals surface area contributed by atoms with Crippen LogP contribution >= 0.6 is 0 Å². The fraction of sp³-hybridized carbons (Fsp3) is 0.909. The molecule has 16 heavy (non-hydrogen) atoms. The minimum atomic E-state index is -0.593. The number of aliphatic hydroxyl groups excluding tert-OH is 2. The summed E-state index contributed by atoms with van der Waals surface area (Å²) < 4.78 is 5.09. The van der Waals surface area contributed by atoms with E-state index in [4.69, 9.17) is 9.84 Å². The monoisotopic (exact) mass is 231 g/mol. The maximum atomic E-state index is 11.4. The molecule has 0 aromatic carbocycles. The third kappa shape index (κ3) is 3.98. The molecule has 0 heterocycles. The molecule has 0 radical (unpaired) electrons. The summed E-state index contributed by atoms with van der Waals surface area (Å²) in [5.41, 5.74) is -0.538. The van der Waals surface area contributed by atoms with Crippen LogP contribution < -0.4 is 5.32 Å². The number of ether oxygens (including phenoxy) is 1. The predicted octanol–water partition coefficient (Wildman–Crippen LogP) is 0.643. The van der Waals surface area contributed by atoms with Crippen molar-refractivity contribution in [2.45, 2.75) is 51.4 Å². The zero-order chi connectivity index (χ0) is 12.3. The number of nitrogens with one attached hydrogen (secondary N) is 1. The van der Waals surface area contributed by atoms with E-state index >= 15 is 0 Å². The van der Waals surface area contributed by atoms with Gasteiger partial charge in [0.2, 0.25) is 0 Å². The maximum absolute atomic E-state index is 11.4. The summed E-state index contributed by atoms with van der Waals surface area (Å²) in [6.45, 7) is 5.40. The van der Waals surface area contributed by atoms with Crippen molar-refractivity contribution < 1.29 is 19.7 Å². The average molecular weight is 231 g/mol. The van der Waals surface area contributed by atoms with E-state index in [9.17, 15) is 9.90 Å². The first-order valence-corrected chi connectivity index (χ1v) is 5.60. The lowest BCUT2D eigenvalue weighted by Gasteiger charge is -2.22. The normalized spacial score (nSPS) is 30.2. The minimum Gasteiger partial charge on any atom is -0.444 e. The molecule has 0 aromatic heterocycles. The first kappa shape index (κ1) is 13.3. The molecule has 1 aliphatic carbocycles. The number of hydrogen-bond acceptors (Lipinski definition) is 4. The van der Waals surface area contributed by atoms with E-state index in [0.717, 1.165) is 0 Å². The molecule has 94 valence electrons. The molecule has 3 N–H and O–H groups in total. The Kier molecular flexibility index (Phi) is 4.15. The first-order valence-electron chi connectivity index (χ1n) is 5.60. The van der Waals surface area contributed by atoms with Crippen LogP contribution in [0.25, 0.3) is 0 Å². The van der Waals surface area contributed by atoms with E-state index < -0.39 is 17.8 Å². The van der Waals surface area contributed by atoms with Crippen LogP contribution in [-0.2, 0) is 4.74 Å². The SMILES string of the molecule is CC(C)(C)OC(=O)N[C@H]1C[C@@H](CO)C[C@@H]1O. The van der Waals surface area contributed by atoms with Crippen LogP contribution in [0.1, 0.15) is 33.6 Å². The van der Waals surface area contributed by atoms with Crippen molar-refractivity contribution in [2.75, 3.05) is 6.61 Å². The Bertz CT molecular complexity index is 249. The molecule has 0 saturated heterocycles. The summed E-state index contributed by atoms with van der Waals surface area (Å²) in [6.07, 6.45) is 0.00763. The maximum Gasteiger partial charge on any atom is 0.407 e. The van der Waals surface area contributed by atoms with Gasteiger partial charge in [-0.1, -0.05) is 0 Å². The van der Waals surface area contributed by atoms with Crippen molar-refractivity contribution in [3.8, 4) is 0 Å². The Hall–Kier alpha value is -0.810. The van der Waals surface area contributed by atoms with Gasteiger partial charge in [-0.15, -0.1) is 0 Å². The molecule has 5 heteroatoms. The fourth-order valence-electron chi connectivity index (χ4n) is 1.88. The number of amides is 1. The van der Waals surface area contributed by atoms with E-state index in [2.05, 4.69) is 5.32 Å². The molecular weight excluding hydrogens is 210 g/mol. The lowest BCUT2D eigenvalue weighted by Crippen LogP contribution is -2.42. The molecule has 1 amide bonds. The number of alkyl carbamates (subject to hydrolysis) is 1. The molecule has 1 aliphatic rings. The summed E-state index contributed by atoms with van der Waals surface area (Å²) in [5, 5.41) is 21.3. The number of rotatable bonds is 2. The smallest absolute Gasteiger partial charge is 0.407 e. The topological polar surface area (TPSA) is 78.8 Å². The Balaban J connectivity index is 2.40. The second kappa shape index (κ2) is 5.01. The van der Waals surface area contributed by atoms with Crippen molar-refractivity contribution in [3.63, 3.8) is 0 Å². The van der Waals surface area contributed by atoms with Crippen LogP contribution in [-0.4, -0.2) is 40.7 Å². The van der Waals surface area contributed by atoms with Gasteiger partial charge in [-0.25, -0.2) is 4.79 Å². The predicted molar refractivity (Wildman–Crippen MR) is 59.0 cm³/mol. The third-order valence-electron chi connectivity index (χ3n) is 2.59. The van der Waals surface area contributed by atoms with Crippen LogP contribution in [0.15, 0.2) is 0 Å². The number of hydrogen-bond donors (Lipinski definition) is 3. The van der Waals surface area contributed by atoms with E-state index in [1.165, 1.54) is 0 Å². The lowest BCUT2D eigenvalue weighted by atomic mass is 10.1. The number of carbonyl (C=O) groups excluding carboxylic acids is 1. The third-order valence-corrected chi connectivity index (χ3v) is 2.59. The summed E-state index contributed by atoms with van der Waals surface area (Å²) in [6, 6.07) is -0.313. The molecule has 0 unspecified atom stereocenters. The molecule has 0 aromatic rings. The average Bonchev–Trinajstić information content (AvgIpc) is 2.44. The zero-order valence-electron chi connectivity index (χ0n) is 10.1. The quantitative estimate of drug-likeness (QED) is 0.651. The summed E-state index contributed by atoms with van der Waals surface area (Å²) in [5.74, 6) is 0.0648. The minimum absolute atomic E-state index is 0.0452. The van der Waals surface area contributed by atoms with Crippen LogP contribution in [0.2, 0.25) is 0 Å². The molecule has 0 bridgehead atoms. The molecule has 1 saturated carbocycles. The highest BCUT2D eigenvalue weighted by Gasteiger charge is 2.34. The Morgan fingerprint density at radius 3 is 2.50 bits per heavy atom. The van der Waals surface area contributed by atoms with Gasteiger partial charge >= 0.3 is 6.09 Å². The lowest BCUT2D eigenvalue weighted by molar-refractivity contribution is 0.0450. The van der Waals surface area contributed by atoms with Crippen molar-refractivity contribution in [1.82, 2.24) is 5.32 Å². The second-order valence-electron chi connectivity index (χ2n) is 5.34. The van der Waals surface area contributed by atoms with E-state index in [1.54, 1.807) is 20.8 Å². The van der Waals surface area contributed by atoms with Crippen LogP contribution in [0.5, 0.6) is 0 Å². The standard InChI is InChI=1S/C11H21NO4/c1-11(2,3)16-10(15)12-8-4-7(6-13)5-9(8)14/h7-9,13-14H,4-6H2,1-3H3,(H,12,15)/t7-,8+,9+/m1/s1. The van der Waals surface area contributed by atoms with E-state index in [1.807, 2.05) is 0 Å². The van der Waals surface area contributed by atoms with Gasteiger partial charge in [-0.2, -0.15) is 0 Å². The van der Waals surface area contributed by atoms with Gasteiger partial charge in [0.05, 0.1) is 12.1 Å². The Morgan fingerprint density at radius 1 is 1.44 bits per heavy atom. The summed E-state index contributed by atoms with van der Waals surface area (Å²) in [4.78, 5) is 11.4. The molecule has 5 nitrogen and oxygen atoms in total. The summed E-state index contributed by atoms with van der Waals surface area (Å²) >= 11 is 0. The van der Waals surface area contributed by atoms with Gasteiger partial charge in [-0.3, -0.25) is 0 Å². The number of carbonyl (C=O) groups is 1.